The number of nitrogens with one attached hydrogen (secondary N) is 2. The molecule has 1 heterocycles. The van der Waals surface area contributed by atoms with E-state index in [1.165, 1.54) is 6.07 Å². The Balaban J connectivity index is 1.77. The molecule has 0 saturated carbocycles. The van der Waals surface area contributed by atoms with Gasteiger partial charge in [0.1, 0.15) is 5.75 Å². The lowest BCUT2D eigenvalue weighted by Crippen LogP contribution is -2.10. The van der Waals surface area contributed by atoms with Gasteiger partial charge >= 0.3 is 0 Å². The molecule has 0 saturated heterocycles. The van der Waals surface area contributed by atoms with Gasteiger partial charge in [0.05, 0.1) is 18.5 Å². The first kappa shape index (κ1) is 17.4. The first-order valence-corrected chi connectivity index (χ1v) is 8.44. The number of hydrogen-bond acceptors (Lipinski definition) is 5. The molecule has 0 aliphatic rings. The monoisotopic (exact) mass is 348 g/mol. The van der Waals surface area contributed by atoms with E-state index in [4.69, 9.17) is 4.74 Å². The van der Waals surface area contributed by atoms with Gasteiger partial charge in [0, 0.05) is 17.2 Å². The molecule has 132 valence electrons. The van der Waals surface area contributed by atoms with Crippen LogP contribution in [0.5, 0.6) is 5.75 Å². The molecule has 2 aromatic carbocycles. The number of anilines is 1. The van der Waals surface area contributed by atoms with E-state index in [1.807, 2.05) is 54.6 Å². The van der Waals surface area contributed by atoms with E-state index >= 15 is 0 Å². The highest BCUT2D eigenvalue weighted by Crippen LogP contribution is 2.17. The van der Waals surface area contributed by atoms with Crippen LogP contribution in [0.15, 0.2) is 70.6 Å². The van der Waals surface area contributed by atoms with Crippen LogP contribution in [0.2, 0.25) is 0 Å². The molecule has 0 aliphatic heterocycles. The van der Waals surface area contributed by atoms with Crippen molar-refractivity contribution < 1.29 is 4.74 Å². The Bertz CT molecular complexity index is 936. The summed E-state index contributed by atoms with van der Waals surface area (Å²) >= 11 is 0. The van der Waals surface area contributed by atoms with Gasteiger partial charge in [0.2, 0.25) is 5.95 Å². The normalized spacial score (nSPS) is 10.8. The highest BCUT2D eigenvalue weighted by atomic mass is 16.5. The number of hydrazone groups is 1. The molecule has 26 heavy (non-hydrogen) atoms. The van der Waals surface area contributed by atoms with Gasteiger partial charge in [-0.3, -0.25) is 9.78 Å². The summed E-state index contributed by atoms with van der Waals surface area (Å²) < 4.78 is 5.69. The summed E-state index contributed by atoms with van der Waals surface area (Å²) in [5.41, 5.74) is 4.82. The van der Waals surface area contributed by atoms with Crippen LogP contribution < -0.4 is 15.7 Å². The maximum absolute atomic E-state index is 11.9. The van der Waals surface area contributed by atoms with E-state index in [0.717, 1.165) is 23.3 Å². The fourth-order valence-electron chi connectivity index (χ4n) is 2.36. The van der Waals surface area contributed by atoms with Crippen LogP contribution in [0.1, 0.15) is 18.9 Å². The number of benzene rings is 2. The van der Waals surface area contributed by atoms with E-state index in [1.54, 1.807) is 6.21 Å². The van der Waals surface area contributed by atoms with Crippen molar-refractivity contribution in [3.05, 3.63) is 76.6 Å². The number of hydrogen-bond donors (Lipinski definition) is 2. The average Bonchev–Trinajstić information content (AvgIpc) is 2.67. The van der Waals surface area contributed by atoms with E-state index in [-0.39, 0.29) is 11.5 Å². The van der Waals surface area contributed by atoms with Gasteiger partial charge in [0.25, 0.3) is 5.56 Å². The number of rotatable bonds is 7. The van der Waals surface area contributed by atoms with Crippen molar-refractivity contribution in [3.8, 4) is 17.0 Å². The van der Waals surface area contributed by atoms with Crippen molar-refractivity contribution in [1.29, 1.82) is 0 Å². The zero-order valence-electron chi connectivity index (χ0n) is 14.5. The zero-order chi connectivity index (χ0) is 18.2. The lowest BCUT2D eigenvalue weighted by atomic mass is 10.1. The molecule has 1 aromatic heterocycles. The van der Waals surface area contributed by atoms with E-state index in [0.29, 0.717) is 12.3 Å². The number of para-hydroxylation sites is 1. The van der Waals surface area contributed by atoms with Gasteiger partial charge in [-0.15, -0.1) is 0 Å². The summed E-state index contributed by atoms with van der Waals surface area (Å²) in [7, 11) is 0. The third-order valence-corrected chi connectivity index (χ3v) is 3.57. The summed E-state index contributed by atoms with van der Waals surface area (Å²) in [6.07, 6.45) is 2.57. The number of H-pyrrole nitrogens is 1. The minimum Gasteiger partial charge on any atom is -0.493 e. The molecule has 6 heteroatoms. The second kappa shape index (κ2) is 8.62. The zero-order valence-corrected chi connectivity index (χ0v) is 14.5. The fourth-order valence-corrected chi connectivity index (χ4v) is 2.36. The molecule has 0 bridgehead atoms. The van der Waals surface area contributed by atoms with Crippen molar-refractivity contribution in [2.75, 3.05) is 12.0 Å². The predicted molar refractivity (Wildman–Crippen MR) is 104 cm³/mol. The van der Waals surface area contributed by atoms with Crippen LogP contribution in [-0.4, -0.2) is 22.8 Å². The molecule has 3 rings (SSSR count). The summed E-state index contributed by atoms with van der Waals surface area (Å²) in [6, 6.07) is 18.6. The van der Waals surface area contributed by atoms with Crippen molar-refractivity contribution in [3.63, 3.8) is 0 Å². The summed E-state index contributed by atoms with van der Waals surface area (Å²) in [4.78, 5) is 18.9. The Morgan fingerprint density at radius 2 is 1.92 bits per heavy atom. The SMILES string of the molecule is CCCOc1ccccc1/C=N/Nc1nc(-c2ccccc2)cc(=O)[nH]1. The van der Waals surface area contributed by atoms with Crippen LogP contribution in [-0.2, 0) is 0 Å². The summed E-state index contributed by atoms with van der Waals surface area (Å²) in [5.74, 6) is 1.04. The average molecular weight is 348 g/mol. The topological polar surface area (TPSA) is 79.4 Å². The van der Waals surface area contributed by atoms with Gasteiger partial charge in [-0.25, -0.2) is 10.4 Å². The van der Waals surface area contributed by atoms with Gasteiger partial charge in [0.15, 0.2) is 0 Å². The molecule has 2 N–H and O–H groups in total. The molecule has 0 unspecified atom stereocenters. The Kier molecular flexibility index (Phi) is 5.77. The third-order valence-electron chi connectivity index (χ3n) is 3.57. The predicted octanol–water partition coefficient (Wildman–Crippen LogP) is 3.67. The minimum atomic E-state index is -0.247. The lowest BCUT2D eigenvalue weighted by Gasteiger charge is -2.07. The highest BCUT2D eigenvalue weighted by molar-refractivity contribution is 5.83. The number of aromatic amines is 1. The third kappa shape index (κ3) is 4.57. The molecule has 0 fully saturated rings. The molecule has 0 aliphatic carbocycles. The summed E-state index contributed by atoms with van der Waals surface area (Å²) in [6.45, 7) is 2.70. The van der Waals surface area contributed by atoms with Gasteiger partial charge in [-0.05, 0) is 18.6 Å². The van der Waals surface area contributed by atoms with Crippen molar-refractivity contribution in [1.82, 2.24) is 9.97 Å². The molecule has 0 amide bonds. The van der Waals surface area contributed by atoms with E-state index in [2.05, 4.69) is 27.4 Å². The Labute approximate surface area is 151 Å². The lowest BCUT2D eigenvalue weighted by molar-refractivity contribution is 0.317. The Morgan fingerprint density at radius 3 is 2.73 bits per heavy atom. The first-order valence-electron chi connectivity index (χ1n) is 8.44. The molecule has 0 atom stereocenters. The number of nitrogens with zero attached hydrogens (tertiary/aromatic N) is 2. The molecular formula is C20H20N4O2. The van der Waals surface area contributed by atoms with Crippen LogP contribution in [0.25, 0.3) is 11.3 Å². The van der Waals surface area contributed by atoms with Crippen LogP contribution in [0, 0.1) is 0 Å². The van der Waals surface area contributed by atoms with Gasteiger partial charge in [-0.2, -0.15) is 5.10 Å². The molecule has 0 radical (unpaired) electrons. The standard InChI is InChI=1S/C20H20N4O2/c1-2-12-26-18-11-7-6-10-16(18)14-21-24-20-22-17(13-19(25)23-20)15-8-4-3-5-9-15/h3-11,13-14H,2,12H2,1H3,(H2,22,23,24,25)/b21-14+. The van der Waals surface area contributed by atoms with Crippen LogP contribution in [0.4, 0.5) is 5.95 Å². The molecule has 0 spiro atoms. The van der Waals surface area contributed by atoms with Gasteiger partial charge < -0.3 is 4.74 Å². The smallest absolute Gasteiger partial charge is 0.252 e. The number of aromatic nitrogens is 2. The maximum Gasteiger partial charge on any atom is 0.252 e. The van der Waals surface area contributed by atoms with Crippen LogP contribution >= 0.6 is 0 Å². The largest absolute Gasteiger partial charge is 0.493 e. The molecule has 3 aromatic rings. The maximum atomic E-state index is 11.9. The van der Waals surface area contributed by atoms with E-state index < -0.39 is 0 Å². The van der Waals surface area contributed by atoms with Crippen molar-refractivity contribution in [2.24, 2.45) is 5.10 Å². The Morgan fingerprint density at radius 1 is 1.15 bits per heavy atom. The highest BCUT2D eigenvalue weighted by Gasteiger charge is 2.03. The second-order valence-corrected chi connectivity index (χ2v) is 5.60. The van der Waals surface area contributed by atoms with Gasteiger partial charge in [-0.1, -0.05) is 49.4 Å². The Hall–Kier alpha value is -3.41. The fraction of sp³-hybridized carbons (Fsp3) is 0.150. The van der Waals surface area contributed by atoms with Crippen molar-refractivity contribution >= 4 is 12.2 Å². The first-order chi connectivity index (χ1) is 12.8. The quantitative estimate of drug-likeness (QED) is 0.504. The second-order valence-electron chi connectivity index (χ2n) is 5.60. The van der Waals surface area contributed by atoms with E-state index in [9.17, 15) is 4.79 Å². The molecule has 6 nitrogen and oxygen atoms in total. The van der Waals surface area contributed by atoms with Crippen molar-refractivity contribution in [2.45, 2.75) is 13.3 Å². The van der Waals surface area contributed by atoms with Crippen LogP contribution in [0.3, 0.4) is 0 Å². The summed E-state index contributed by atoms with van der Waals surface area (Å²) in [5, 5.41) is 4.17. The minimum absolute atomic E-state index is 0.247. The number of ether oxygens (including phenoxy) is 1. The molecular weight excluding hydrogens is 328 g/mol.